The highest BCUT2D eigenvalue weighted by molar-refractivity contribution is 6.03. The van der Waals surface area contributed by atoms with E-state index in [1.807, 2.05) is 6.07 Å². The third-order valence-corrected chi connectivity index (χ3v) is 13.5. The fraction of sp³-hybridized carbons (Fsp3) is 0.429. The fourth-order valence-corrected chi connectivity index (χ4v) is 10.4. The minimum Gasteiger partial charge on any atom is -0.508 e. The van der Waals surface area contributed by atoms with Crippen LogP contribution in [-0.2, 0) is 29.1 Å². The Morgan fingerprint density at radius 2 is 1.62 bits per heavy atom. The van der Waals surface area contributed by atoms with Gasteiger partial charge in [0, 0.05) is 63.9 Å². The Labute approximate surface area is 352 Å². The lowest BCUT2D eigenvalue weighted by Gasteiger charge is -2.48. The highest BCUT2D eigenvalue weighted by Crippen LogP contribution is 2.47. The van der Waals surface area contributed by atoms with Gasteiger partial charge < -0.3 is 25.0 Å². The number of hydrogen-bond donors (Lipinski definition) is 2. The van der Waals surface area contributed by atoms with Crippen molar-refractivity contribution < 1.29 is 28.7 Å². The molecular formula is C49H56FN5O5. The van der Waals surface area contributed by atoms with Gasteiger partial charge in [-0.3, -0.25) is 24.2 Å². The molecular weight excluding hydrogens is 758 g/mol. The normalized spacial score (nSPS) is 20.7. The summed E-state index contributed by atoms with van der Waals surface area (Å²) >= 11 is 0. The van der Waals surface area contributed by atoms with Gasteiger partial charge in [-0.05, 0) is 127 Å². The van der Waals surface area contributed by atoms with E-state index in [-0.39, 0.29) is 30.2 Å². The number of aryl methyl sites for hydroxylation is 1. The van der Waals surface area contributed by atoms with Crippen LogP contribution in [0.25, 0.3) is 0 Å². The molecule has 0 saturated carbocycles. The van der Waals surface area contributed by atoms with Crippen molar-refractivity contribution in [2.75, 3.05) is 58.3 Å². The average molecular weight is 814 g/mol. The number of carbonyl (C=O) groups is 4. The third-order valence-electron chi connectivity index (χ3n) is 13.5. The number of anilines is 1. The van der Waals surface area contributed by atoms with Crippen LogP contribution in [0.3, 0.4) is 0 Å². The van der Waals surface area contributed by atoms with E-state index in [0.29, 0.717) is 62.2 Å². The number of benzene rings is 4. The van der Waals surface area contributed by atoms with Crippen molar-refractivity contribution in [2.24, 2.45) is 5.92 Å². The predicted molar refractivity (Wildman–Crippen MR) is 230 cm³/mol. The van der Waals surface area contributed by atoms with Gasteiger partial charge in [0.1, 0.15) is 18.1 Å². The molecule has 0 radical (unpaired) electrons. The summed E-state index contributed by atoms with van der Waals surface area (Å²) in [7, 11) is 3.02. The summed E-state index contributed by atoms with van der Waals surface area (Å²) in [5.41, 5.74) is 7.41. The number of rotatable bonds is 14. The first-order valence-electron chi connectivity index (χ1n) is 21.4. The third kappa shape index (κ3) is 8.61. The molecule has 0 aromatic heterocycles. The zero-order chi connectivity index (χ0) is 42.0. The van der Waals surface area contributed by atoms with E-state index in [9.17, 15) is 24.3 Å². The number of carbonyl (C=O) groups excluding carboxylic acids is 4. The van der Waals surface area contributed by atoms with Crippen molar-refractivity contribution in [3.63, 3.8) is 0 Å². The minimum atomic E-state index is -1.25. The molecule has 60 heavy (non-hydrogen) atoms. The highest BCUT2D eigenvalue weighted by atomic mass is 19.1. The van der Waals surface area contributed by atoms with Crippen molar-refractivity contribution >= 4 is 30.1 Å². The van der Waals surface area contributed by atoms with E-state index in [1.165, 1.54) is 41.2 Å². The number of aromatic hydroxyl groups is 1. The maximum absolute atomic E-state index is 16.2. The number of halogens is 1. The number of piperidine rings is 1. The maximum atomic E-state index is 16.2. The Hall–Kier alpha value is -5.39. The van der Waals surface area contributed by atoms with E-state index < -0.39 is 17.6 Å². The van der Waals surface area contributed by atoms with Crippen LogP contribution in [0.5, 0.6) is 5.75 Å². The van der Waals surface area contributed by atoms with Crippen LogP contribution < -0.4 is 10.2 Å². The molecule has 2 fully saturated rings. The van der Waals surface area contributed by atoms with Gasteiger partial charge in [0.05, 0.1) is 18.7 Å². The second-order valence-electron chi connectivity index (χ2n) is 17.5. The molecule has 3 atom stereocenters. The number of phenolic OH excluding ortho intramolecular Hbond substituents is 1. The summed E-state index contributed by atoms with van der Waals surface area (Å²) in [6.45, 7) is 5.14. The zero-order valence-electron chi connectivity index (χ0n) is 34.7. The van der Waals surface area contributed by atoms with Gasteiger partial charge in [0.15, 0.2) is 12.0 Å². The second kappa shape index (κ2) is 17.7. The van der Waals surface area contributed by atoms with Gasteiger partial charge in [0.25, 0.3) is 5.91 Å². The van der Waals surface area contributed by atoms with Crippen LogP contribution in [0, 0.1) is 5.92 Å². The summed E-state index contributed by atoms with van der Waals surface area (Å²) in [4.78, 5) is 57.4. The summed E-state index contributed by atoms with van der Waals surface area (Å²) < 4.78 is 16.2. The van der Waals surface area contributed by atoms with Gasteiger partial charge >= 0.3 is 0 Å². The molecule has 11 heteroatoms. The molecule has 3 heterocycles. The Kier molecular flexibility index (Phi) is 12.2. The Bertz CT molecular complexity index is 2200. The lowest BCUT2D eigenvalue weighted by atomic mass is 9.69. The average Bonchev–Trinajstić information content (AvgIpc) is 3.66. The van der Waals surface area contributed by atoms with Crippen LogP contribution in [0.15, 0.2) is 84.9 Å². The molecule has 2 N–H and O–H groups in total. The Morgan fingerprint density at radius 3 is 2.30 bits per heavy atom. The number of aldehydes is 2. The van der Waals surface area contributed by atoms with Crippen molar-refractivity contribution in [2.45, 2.75) is 75.2 Å². The molecule has 3 aliphatic heterocycles. The number of phenols is 1. The molecule has 4 aromatic carbocycles. The predicted octanol–water partition coefficient (Wildman–Crippen LogP) is 6.49. The molecule has 1 unspecified atom stereocenters. The number of likely N-dealkylation sites (N-methyl/N-ethyl adjacent to an activating group) is 2. The van der Waals surface area contributed by atoms with Gasteiger partial charge in [-0.1, -0.05) is 48.5 Å². The van der Waals surface area contributed by atoms with E-state index in [0.717, 1.165) is 68.4 Å². The topological polar surface area (TPSA) is 114 Å². The number of nitrogens with zero attached hydrogens (tertiary/aromatic N) is 4. The minimum absolute atomic E-state index is 0.138. The van der Waals surface area contributed by atoms with Crippen molar-refractivity contribution in [1.82, 2.24) is 20.0 Å². The first kappa shape index (κ1) is 41.3. The quantitative estimate of drug-likeness (QED) is 0.139. The van der Waals surface area contributed by atoms with Gasteiger partial charge in [0.2, 0.25) is 5.91 Å². The van der Waals surface area contributed by atoms with E-state index in [1.54, 1.807) is 18.2 Å². The van der Waals surface area contributed by atoms with E-state index >= 15 is 4.39 Å². The Morgan fingerprint density at radius 1 is 0.900 bits per heavy atom. The number of fused-ring (bicyclic) bond motifs is 2. The molecule has 8 rings (SSSR count). The van der Waals surface area contributed by atoms with Gasteiger partial charge in [-0.25, -0.2) is 4.39 Å². The molecule has 2 amide bonds. The largest absolute Gasteiger partial charge is 0.508 e. The Balaban J connectivity index is 0.831. The van der Waals surface area contributed by atoms with Crippen molar-refractivity contribution in [3.8, 4) is 5.75 Å². The van der Waals surface area contributed by atoms with Crippen LogP contribution >= 0.6 is 0 Å². The standard InChI is InChI=1S/C49H56FN5O5/c1-51-47(59)45(9-6-22-56)52(2)48(60)44-25-38-28-54(27-37(38)23-39(44)29-57)26-33-18-20-53(21-19-33)30-49(50)31-55(32-49)40-13-10-35(11-14-40)46-42(34-7-4-3-5-8-34)16-12-36-24-41(58)15-17-43(36)46/h3-5,7-8,10-11,13-15,17,22-25,29,33,42,45-46,58H,6,9,12,16,18-21,26-28,30-32H2,1-2H3,(H,51,59)/t42-,45?,46+/m1/s1. The summed E-state index contributed by atoms with van der Waals surface area (Å²) in [5.74, 6) is 0.496. The molecule has 314 valence electrons. The second-order valence-corrected chi connectivity index (χ2v) is 17.5. The zero-order valence-corrected chi connectivity index (χ0v) is 34.7. The molecule has 2 saturated heterocycles. The van der Waals surface area contributed by atoms with Crippen molar-refractivity contribution in [1.29, 1.82) is 0 Å². The molecule has 4 aromatic rings. The lowest BCUT2D eigenvalue weighted by molar-refractivity contribution is -0.125. The smallest absolute Gasteiger partial charge is 0.255 e. The number of likely N-dealkylation sites (tertiary alicyclic amines) is 1. The molecule has 0 spiro atoms. The highest BCUT2D eigenvalue weighted by Gasteiger charge is 2.45. The first-order chi connectivity index (χ1) is 29.1. The summed E-state index contributed by atoms with van der Waals surface area (Å²) in [6, 6.07) is 28.0. The van der Waals surface area contributed by atoms with Gasteiger partial charge in [-0.2, -0.15) is 0 Å². The van der Waals surface area contributed by atoms with Crippen LogP contribution in [0.1, 0.15) is 98.0 Å². The monoisotopic (exact) mass is 813 g/mol. The summed E-state index contributed by atoms with van der Waals surface area (Å²) in [6.07, 6.45) is 5.66. The maximum Gasteiger partial charge on any atom is 0.255 e. The number of nitrogens with one attached hydrogen (secondary N) is 1. The molecule has 10 nitrogen and oxygen atoms in total. The van der Waals surface area contributed by atoms with Crippen molar-refractivity contribution in [3.05, 3.63) is 129 Å². The number of amides is 2. The first-order valence-corrected chi connectivity index (χ1v) is 21.4. The molecule has 0 bridgehead atoms. The van der Waals surface area contributed by atoms with Crippen LogP contribution in [-0.4, -0.2) is 109 Å². The van der Waals surface area contributed by atoms with E-state index in [4.69, 9.17) is 0 Å². The summed E-state index contributed by atoms with van der Waals surface area (Å²) in [5, 5.41) is 12.8. The fourth-order valence-electron chi connectivity index (χ4n) is 10.4. The van der Waals surface area contributed by atoms with Crippen LogP contribution in [0.4, 0.5) is 10.1 Å². The SMILES string of the molecule is CNC(=O)C(CCC=O)N(C)C(=O)c1cc2c(cc1C=O)CN(CC1CCN(CC3(F)CN(c4ccc([C@@H]5c6ccc(O)cc6CC[C@@H]5c5ccccc5)cc4)C3)CC1)C2. The lowest BCUT2D eigenvalue weighted by Crippen LogP contribution is -2.64. The molecule has 1 aliphatic carbocycles. The van der Waals surface area contributed by atoms with E-state index in [2.05, 4.69) is 80.7 Å². The molecule has 4 aliphatic rings. The van der Waals surface area contributed by atoms with Gasteiger partial charge in [-0.15, -0.1) is 0 Å². The number of alkyl halides is 1. The number of hydrogen-bond acceptors (Lipinski definition) is 8. The van der Waals surface area contributed by atoms with Crippen LogP contribution in [0.2, 0.25) is 0 Å².